The molecular formula is C20H23ClN4O5. The van der Waals surface area contributed by atoms with Gasteiger partial charge < -0.3 is 15.1 Å². The molecule has 30 heavy (non-hydrogen) atoms. The van der Waals surface area contributed by atoms with Crippen LogP contribution in [-0.4, -0.2) is 52.1 Å². The normalized spacial score (nSPS) is 20.7. The van der Waals surface area contributed by atoms with Crippen molar-refractivity contribution in [2.24, 2.45) is 5.16 Å². The molecule has 1 aromatic carbocycles. The number of hydrogen-bond donors (Lipinski definition) is 1. The molecule has 2 amide bonds. The minimum atomic E-state index is -0.557. The molecule has 1 saturated carbocycles. The lowest BCUT2D eigenvalue weighted by Gasteiger charge is -2.37. The number of rotatable bonds is 4. The van der Waals surface area contributed by atoms with E-state index in [0.29, 0.717) is 38.1 Å². The van der Waals surface area contributed by atoms with Crippen LogP contribution in [-0.2, 0) is 9.63 Å². The van der Waals surface area contributed by atoms with Gasteiger partial charge in [0, 0.05) is 50.5 Å². The van der Waals surface area contributed by atoms with E-state index in [4.69, 9.17) is 16.4 Å². The van der Waals surface area contributed by atoms with Gasteiger partial charge in [-0.25, -0.2) is 0 Å². The molecule has 0 unspecified atom stereocenters. The quantitative estimate of drug-likeness (QED) is 0.577. The Morgan fingerprint density at radius 1 is 1.27 bits per heavy atom. The number of carbonyl (C=O) groups is 2. The number of oxime groups is 1. The van der Waals surface area contributed by atoms with E-state index in [2.05, 4.69) is 10.5 Å². The molecule has 9 nitrogen and oxygen atoms in total. The van der Waals surface area contributed by atoms with Gasteiger partial charge in [-0.3, -0.25) is 19.7 Å². The minimum absolute atomic E-state index is 0.0563. The number of amides is 2. The van der Waals surface area contributed by atoms with E-state index in [1.165, 1.54) is 18.2 Å². The van der Waals surface area contributed by atoms with Crippen molar-refractivity contribution >= 4 is 34.8 Å². The topological polar surface area (TPSA) is 114 Å². The number of likely N-dealkylation sites (tertiary alicyclic amines) is 1. The van der Waals surface area contributed by atoms with Gasteiger partial charge >= 0.3 is 0 Å². The zero-order chi connectivity index (χ0) is 21.3. The summed E-state index contributed by atoms with van der Waals surface area (Å²) in [7, 11) is 0. The molecular weight excluding hydrogens is 412 g/mol. The van der Waals surface area contributed by atoms with Crippen molar-refractivity contribution in [2.75, 3.05) is 13.1 Å². The average molecular weight is 435 g/mol. The highest BCUT2D eigenvalue weighted by Crippen LogP contribution is 2.36. The molecule has 0 bridgehead atoms. The third-order valence-electron chi connectivity index (χ3n) is 6.15. The third-order valence-corrected chi connectivity index (χ3v) is 6.46. The Morgan fingerprint density at radius 3 is 2.60 bits per heavy atom. The fourth-order valence-electron chi connectivity index (χ4n) is 4.33. The molecule has 0 atom stereocenters. The summed E-state index contributed by atoms with van der Waals surface area (Å²) in [4.78, 5) is 42.9. The van der Waals surface area contributed by atoms with Crippen molar-refractivity contribution in [3.8, 4) is 0 Å². The first-order chi connectivity index (χ1) is 14.4. The Morgan fingerprint density at radius 2 is 1.97 bits per heavy atom. The highest BCUT2D eigenvalue weighted by Gasteiger charge is 2.45. The molecule has 0 radical (unpaired) electrons. The van der Waals surface area contributed by atoms with Gasteiger partial charge in [0.15, 0.2) is 0 Å². The number of nitro groups is 1. The third kappa shape index (κ3) is 4.12. The van der Waals surface area contributed by atoms with Crippen molar-refractivity contribution in [3.63, 3.8) is 0 Å². The van der Waals surface area contributed by atoms with E-state index in [0.717, 1.165) is 25.7 Å². The van der Waals surface area contributed by atoms with Crippen LogP contribution < -0.4 is 5.32 Å². The fraction of sp³-hybridized carbons (Fsp3) is 0.550. The number of benzene rings is 1. The molecule has 0 aromatic heterocycles. The van der Waals surface area contributed by atoms with Gasteiger partial charge in [0.25, 0.3) is 17.5 Å². The second kappa shape index (κ2) is 8.22. The summed E-state index contributed by atoms with van der Waals surface area (Å²) < 4.78 is 0. The van der Waals surface area contributed by atoms with Gasteiger partial charge in [-0.2, -0.15) is 0 Å². The SMILES string of the molecule is O=C(NC1CCCC1)C1=NOC2(CCN(C(=O)c3ccc([N+](=O)[O-])cc3Cl)CC2)C1. The predicted octanol–water partition coefficient (Wildman–Crippen LogP) is 3.06. The molecule has 2 fully saturated rings. The largest absolute Gasteiger partial charge is 0.388 e. The molecule has 1 N–H and O–H groups in total. The van der Waals surface area contributed by atoms with E-state index in [1.54, 1.807) is 4.90 Å². The lowest BCUT2D eigenvalue weighted by Crippen LogP contribution is -2.47. The summed E-state index contributed by atoms with van der Waals surface area (Å²) in [5, 5.41) is 18.0. The maximum Gasteiger partial charge on any atom is 0.270 e. The zero-order valence-corrected chi connectivity index (χ0v) is 17.2. The maximum absolute atomic E-state index is 12.8. The summed E-state index contributed by atoms with van der Waals surface area (Å²) in [5.74, 6) is -0.433. The number of halogens is 1. The lowest BCUT2D eigenvalue weighted by molar-refractivity contribution is -0.384. The van der Waals surface area contributed by atoms with E-state index >= 15 is 0 Å². The Kier molecular flexibility index (Phi) is 5.64. The van der Waals surface area contributed by atoms with Crippen LogP contribution in [0.3, 0.4) is 0 Å². The summed E-state index contributed by atoms with van der Waals surface area (Å²) in [6.07, 6.45) is 5.83. The molecule has 4 rings (SSSR count). The lowest BCUT2D eigenvalue weighted by atomic mass is 9.86. The molecule has 10 heteroatoms. The second-order valence-electron chi connectivity index (χ2n) is 8.16. The van der Waals surface area contributed by atoms with Crippen molar-refractivity contribution in [2.45, 2.75) is 56.6 Å². The Hall–Kier alpha value is -2.68. The van der Waals surface area contributed by atoms with Crippen LogP contribution in [0.4, 0.5) is 5.69 Å². The summed E-state index contributed by atoms with van der Waals surface area (Å²) in [6, 6.07) is 4.06. The van der Waals surface area contributed by atoms with Crippen LogP contribution in [0.15, 0.2) is 23.4 Å². The minimum Gasteiger partial charge on any atom is -0.388 e. The number of non-ortho nitro benzene ring substituents is 1. The molecule has 3 aliphatic rings. The average Bonchev–Trinajstić information content (AvgIpc) is 3.38. The highest BCUT2D eigenvalue weighted by molar-refractivity contribution is 6.39. The van der Waals surface area contributed by atoms with Gasteiger partial charge in [0.2, 0.25) is 0 Å². The van der Waals surface area contributed by atoms with Crippen LogP contribution in [0.25, 0.3) is 0 Å². The van der Waals surface area contributed by atoms with E-state index in [9.17, 15) is 19.7 Å². The smallest absolute Gasteiger partial charge is 0.270 e. The monoisotopic (exact) mass is 434 g/mol. The molecule has 1 aromatic rings. The summed E-state index contributed by atoms with van der Waals surface area (Å²) in [5.41, 5.74) is -0.0640. The maximum atomic E-state index is 12.8. The number of nitrogens with one attached hydrogen (secondary N) is 1. The number of nitro benzene ring substituents is 1. The van der Waals surface area contributed by atoms with Crippen molar-refractivity contribution in [1.82, 2.24) is 10.2 Å². The predicted molar refractivity (Wildman–Crippen MR) is 110 cm³/mol. The molecule has 160 valence electrons. The fourth-order valence-corrected chi connectivity index (χ4v) is 4.58. The number of carbonyl (C=O) groups excluding carboxylic acids is 2. The van der Waals surface area contributed by atoms with E-state index in [-0.39, 0.29) is 34.1 Å². The van der Waals surface area contributed by atoms with Crippen LogP contribution in [0, 0.1) is 10.1 Å². The Labute approximate surface area is 178 Å². The van der Waals surface area contributed by atoms with Crippen LogP contribution in [0.2, 0.25) is 5.02 Å². The first-order valence-corrected chi connectivity index (χ1v) is 10.5. The molecule has 1 saturated heterocycles. The highest BCUT2D eigenvalue weighted by atomic mass is 35.5. The molecule has 1 spiro atoms. The summed E-state index contributed by atoms with van der Waals surface area (Å²) in [6.45, 7) is 0.860. The van der Waals surface area contributed by atoms with Gasteiger partial charge in [-0.05, 0) is 18.9 Å². The number of nitrogens with zero attached hydrogens (tertiary/aromatic N) is 3. The zero-order valence-electron chi connectivity index (χ0n) is 16.4. The van der Waals surface area contributed by atoms with Gasteiger partial charge in [0.1, 0.15) is 11.3 Å². The van der Waals surface area contributed by atoms with Gasteiger partial charge in [0.05, 0.1) is 15.5 Å². The Balaban J connectivity index is 1.33. The van der Waals surface area contributed by atoms with Gasteiger partial charge in [-0.1, -0.05) is 29.6 Å². The van der Waals surface area contributed by atoms with E-state index in [1.807, 2.05) is 0 Å². The molecule has 1 aliphatic carbocycles. The first kappa shape index (κ1) is 20.6. The van der Waals surface area contributed by atoms with Crippen molar-refractivity contribution in [1.29, 1.82) is 0 Å². The van der Waals surface area contributed by atoms with Crippen molar-refractivity contribution < 1.29 is 19.3 Å². The number of hydrogen-bond acceptors (Lipinski definition) is 6. The van der Waals surface area contributed by atoms with Crippen LogP contribution >= 0.6 is 11.6 Å². The standard InChI is InChI=1S/C20H23ClN4O5/c21-16-11-14(25(28)29)5-6-15(16)19(27)24-9-7-20(8-10-24)12-17(23-30-20)18(26)22-13-3-1-2-4-13/h5-6,11,13H,1-4,7-10,12H2,(H,22,26). The van der Waals surface area contributed by atoms with Crippen LogP contribution in [0.5, 0.6) is 0 Å². The van der Waals surface area contributed by atoms with E-state index < -0.39 is 10.5 Å². The first-order valence-electron chi connectivity index (χ1n) is 10.2. The summed E-state index contributed by atoms with van der Waals surface area (Å²) >= 11 is 6.09. The van der Waals surface area contributed by atoms with Crippen molar-refractivity contribution in [3.05, 3.63) is 38.9 Å². The van der Waals surface area contributed by atoms with Crippen LogP contribution in [0.1, 0.15) is 55.3 Å². The number of piperidine rings is 1. The van der Waals surface area contributed by atoms with Gasteiger partial charge in [-0.15, -0.1) is 0 Å². The Bertz CT molecular complexity index is 904. The second-order valence-corrected chi connectivity index (χ2v) is 8.56. The molecule has 2 aliphatic heterocycles. The molecule has 2 heterocycles.